The van der Waals surface area contributed by atoms with Crippen LogP contribution in [0.5, 0.6) is 0 Å². The second-order valence-electron chi connectivity index (χ2n) is 11.4. The van der Waals surface area contributed by atoms with E-state index in [1.807, 2.05) is 13.8 Å². The van der Waals surface area contributed by atoms with Gasteiger partial charge in [0.2, 0.25) is 11.7 Å². The number of rotatable bonds is 3. The van der Waals surface area contributed by atoms with Gasteiger partial charge < -0.3 is 29.2 Å². The maximum absolute atomic E-state index is 13.4. The number of esters is 3. The first-order valence-electron chi connectivity index (χ1n) is 12.2. The Balaban J connectivity index is 1.73. The smallest absolute Gasteiger partial charge is 0.348 e. The Morgan fingerprint density at radius 1 is 1.19 bits per heavy atom. The lowest BCUT2D eigenvalue weighted by atomic mass is 9.38. The van der Waals surface area contributed by atoms with Crippen molar-refractivity contribution in [1.82, 2.24) is 0 Å². The van der Waals surface area contributed by atoms with Crippen molar-refractivity contribution in [3.05, 3.63) is 23.3 Å². The number of hydrogen-bond acceptors (Lipinski definition) is 10. The first-order chi connectivity index (χ1) is 16.8. The number of ketones is 1. The molecule has 2 saturated heterocycles. The van der Waals surface area contributed by atoms with Crippen LogP contribution in [0, 0.1) is 28.6 Å². The lowest BCUT2D eigenvalue weighted by molar-refractivity contribution is -0.289. The fraction of sp³-hybridized carbons (Fsp3) is 0.692. The predicted octanol–water partition coefficient (Wildman–Crippen LogP) is 0.631. The number of ether oxygens (including phenoxy) is 4. The molecule has 2 saturated carbocycles. The van der Waals surface area contributed by atoms with Crippen LogP contribution in [0.3, 0.4) is 0 Å². The topological polar surface area (TPSA) is 146 Å². The van der Waals surface area contributed by atoms with Gasteiger partial charge in [-0.25, -0.2) is 14.4 Å². The number of carbonyl (C=O) groups is 4. The van der Waals surface area contributed by atoms with Crippen LogP contribution in [0.15, 0.2) is 23.3 Å². The number of aliphatic hydroxyl groups is 2. The molecule has 2 aliphatic heterocycles. The zero-order valence-electron chi connectivity index (χ0n) is 21.0. The molecule has 1 spiro atoms. The summed E-state index contributed by atoms with van der Waals surface area (Å²) in [6.07, 6.45) is -2.47. The zero-order chi connectivity index (χ0) is 26.4. The molecule has 0 aromatic carbocycles. The molecule has 0 radical (unpaired) electrons. The van der Waals surface area contributed by atoms with E-state index >= 15 is 0 Å². The van der Waals surface area contributed by atoms with Crippen molar-refractivity contribution in [2.75, 3.05) is 13.7 Å². The fourth-order valence-electron chi connectivity index (χ4n) is 8.25. The molecule has 0 aromatic rings. The van der Waals surface area contributed by atoms with E-state index in [0.29, 0.717) is 12.0 Å². The first kappa shape index (κ1) is 25.1. The molecule has 10 heteroatoms. The zero-order valence-corrected chi connectivity index (χ0v) is 21.0. The third kappa shape index (κ3) is 2.95. The highest BCUT2D eigenvalue weighted by Gasteiger charge is 2.85. The third-order valence-corrected chi connectivity index (χ3v) is 9.28. The van der Waals surface area contributed by atoms with Crippen molar-refractivity contribution in [3.63, 3.8) is 0 Å². The molecular weight excluding hydrogens is 472 g/mol. The molecule has 5 rings (SSSR count). The van der Waals surface area contributed by atoms with Gasteiger partial charge in [-0.15, -0.1) is 0 Å². The van der Waals surface area contributed by atoms with Crippen molar-refractivity contribution in [2.24, 2.45) is 28.6 Å². The molecule has 10 nitrogen and oxygen atoms in total. The minimum absolute atomic E-state index is 0.103. The Bertz CT molecular complexity index is 1100. The Labute approximate surface area is 208 Å². The average Bonchev–Trinajstić information content (AvgIpc) is 3.08. The molecule has 10 atom stereocenters. The van der Waals surface area contributed by atoms with Crippen LogP contribution >= 0.6 is 0 Å². The number of fused-ring (bicyclic) bond motifs is 2. The molecule has 2 heterocycles. The summed E-state index contributed by atoms with van der Waals surface area (Å²) >= 11 is 0. The Morgan fingerprint density at radius 3 is 2.53 bits per heavy atom. The van der Waals surface area contributed by atoms with Gasteiger partial charge in [-0.3, -0.25) is 4.79 Å². The molecule has 5 aliphatic rings. The van der Waals surface area contributed by atoms with E-state index in [9.17, 15) is 29.4 Å². The molecule has 4 fully saturated rings. The molecule has 196 valence electrons. The molecule has 0 amide bonds. The SMILES string of the molecule is COC(=O)[C@@]12OCC34C(C(O)[C@@H]1O)[C@@]1(C)CC(=O)C=C(C)[C@@H]1C[C@H]3OC(=O)[C@H](OC(=O)C=C(C)C)[C@H]42. The van der Waals surface area contributed by atoms with Gasteiger partial charge in [0, 0.05) is 23.8 Å². The van der Waals surface area contributed by atoms with Gasteiger partial charge in [0.15, 0.2) is 5.78 Å². The maximum Gasteiger partial charge on any atom is 0.348 e. The van der Waals surface area contributed by atoms with Crippen molar-refractivity contribution in [3.8, 4) is 0 Å². The van der Waals surface area contributed by atoms with Gasteiger partial charge in [-0.2, -0.15) is 0 Å². The maximum atomic E-state index is 13.4. The lowest BCUT2D eigenvalue weighted by Crippen LogP contribution is -2.79. The highest BCUT2D eigenvalue weighted by molar-refractivity contribution is 5.93. The van der Waals surface area contributed by atoms with Gasteiger partial charge in [0.1, 0.15) is 12.2 Å². The predicted molar refractivity (Wildman–Crippen MR) is 121 cm³/mol. The standard InChI is InChI=1S/C26H32O10/c1-11(2)6-16(28)36-18-20-25-10-34-26(20,23(32)33-5)21(30)17(29)19(25)24(4)9-13(27)7-12(3)14(24)8-15(25)35-22(18)31/h6-7,14-15,17-21,29-30H,8-10H2,1-5H3/t14-,15+,17?,18+,19?,20+,21-,24-,25?,26-/m0/s1. The summed E-state index contributed by atoms with van der Waals surface area (Å²) in [5.74, 6) is -4.97. The van der Waals surface area contributed by atoms with Crippen LogP contribution in [0.2, 0.25) is 0 Å². The largest absolute Gasteiger partial charge is 0.467 e. The summed E-state index contributed by atoms with van der Waals surface area (Å²) < 4.78 is 22.6. The quantitative estimate of drug-likeness (QED) is 0.319. The minimum atomic E-state index is -2.16. The summed E-state index contributed by atoms with van der Waals surface area (Å²) in [6.45, 7) is 6.94. The second kappa shape index (κ2) is 7.97. The summed E-state index contributed by atoms with van der Waals surface area (Å²) in [5.41, 5.74) is -2.77. The van der Waals surface area contributed by atoms with Gasteiger partial charge in [-0.1, -0.05) is 18.1 Å². The van der Waals surface area contributed by atoms with Gasteiger partial charge >= 0.3 is 17.9 Å². The molecule has 0 aromatic heterocycles. The molecular formula is C26H32O10. The van der Waals surface area contributed by atoms with Crippen molar-refractivity contribution in [1.29, 1.82) is 0 Å². The van der Waals surface area contributed by atoms with E-state index in [0.717, 1.165) is 12.7 Å². The first-order valence-corrected chi connectivity index (χ1v) is 12.2. The van der Waals surface area contributed by atoms with Crippen LogP contribution in [0.1, 0.15) is 40.5 Å². The Morgan fingerprint density at radius 2 is 1.89 bits per heavy atom. The van der Waals surface area contributed by atoms with Gasteiger partial charge in [0.25, 0.3) is 0 Å². The molecule has 2 bridgehead atoms. The number of hydrogen-bond donors (Lipinski definition) is 2. The van der Waals surface area contributed by atoms with E-state index in [1.54, 1.807) is 19.9 Å². The van der Waals surface area contributed by atoms with Crippen molar-refractivity contribution >= 4 is 23.7 Å². The number of allylic oxidation sites excluding steroid dienone is 3. The fourth-order valence-corrected chi connectivity index (χ4v) is 8.25. The highest BCUT2D eigenvalue weighted by Crippen LogP contribution is 2.72. The number of aliphatic hydroxyl groups excluding tert-OH is 2. The van der Waals surface area contributed by atoms with Crippen molar-refractivity contribution in [2.45, 2.75) is 70.6 Å². The van der Waals surface area contributed by atoms with E-state index < -0.39 is 70.6 Å². The Kier molecular flexibility index (Phi) is 5.56. The van der Waals surface area contributed by atoms with Gasteiger partial charge in [0.05, 0.1) is 25.7 Å². The highest BCUT2D eigenvalue weighted by atomic mass is 16.6. The Hall–Kier alpha value is -2.56. The molecule has 3 unspecified atom stereocenters. The normalized spacial score (nSPS) is 46.5. The summed E-state index contributed by atoms with van der Waals surface area (Å²) in [6, 6.07) is 0. The van der Waals surface area contributed by atoms with Crippen LogP contribution in [0.4, 0.5) is 0 Å². The lowest BCUT2D eigenvalue weighted by Gasteiger charge is -2.67. The average molecular weight is 505 g/mol. The minimum Gasteiger partial charge on any atom is -0.467 e. The van der Waals surface area contributed by atoms with Crippen molar-refractivity contribution < 1.29 is 48.3 Å². The van der Waals surface area contributed by atoms with Crippen LogP contribution in [-0.2, 0) is 38.1 Å². The number of methoxy groups -OCH3 is 1. The van der Waals surface area contributed by atoms with E-state index in [4.69, 9.17) is 18.9 Å². The summed E-state index contributed by atoms with van der Waals surface area (Å²) in [7, 11) is 1.12. The number of carbonyl (C=O) groups excluding carboxylic acids is 4. The van der Waals surface area contributed by atoms with E-state index in [2.05, 4.69) is 0 Å². The van der Waals surface area contributed by atoms with E-state index in [1.165, 1.54) is 6.08 Å². The molecule has 2 N–H and O–H groups in total. The van der Waals surface area contributed by atoms with Crippen LogP contribution < -0.4 is 0 Å². The second-order valence-corrected chi connectivity index (χ2v) is 11.4. The monoisotopic (exact) mass is 504 g/mol. The summed E-state index contributed by atoms with van der Waals surface area (Å²) in [4.78, 5) is 52.0. The van der Waals surface area contributed by atoms with Crippen LogP contribution in [-0.4, -0.2) is 77.6 Å². The third-order valence-electron chi connectivity index (χ3n) is 9.28. The molecule has 3 aliphatic carbocycles. The van der Waals surface area contributed by atoms with Crippen LogP contribution in [0.25, 0.3) is 0 Å². The molecule has 36 heavy (non-hydrogen) atoms. The van der Waals surface area contributed by atoms with E-state index in [-0.39, 0.29) is 24.7 Å². The van der Waals surface area contributed by atoms with Gasteiger partial charge in [-0.05, 0) is 44.6 Å². The summed E-state index contributed by atoms with van der Waals surface area (Å²) in [5, 5.41) is 23.1.